The number of benzene rings is 1. The van der Waals surface area contributed by atoms with Crippen LogP contribution in [0.2, 0.25) is 0 Å². The predicted molar refractivity (Wildman–Crippen MR) is 83.2 cm³/mol. The minimum Gasteiger partial charge on any atom is -0.352 e. The molecule has 1 aromatic carbocycles. The largest absolute Gasteiger partial charge is 0.416 e. The van der Waals surface area contributed by atoms with E-state index in [0.717, 1.165) is 4.90 Å². The molecule has 0 bridgehead atoms. The van der Waals surface area contributed by atoms with E-state index in [9.17, 15) is 35.9 Å². The summed E-state index contributed by atoms with van der Waals surface area (Å²) in [6.45, 7) is 3.08. The second kappa shape index (κ2) is 7.61. The van der Waals surface area contributed by atoms with E-state index < -0.39 is 47.8 Å². The first-order valence-electron chi connectivity index (χ1n) is 7.86. The quantitative estimate of drug-likeness (QED) is 0.615. The van der Waals surface area contributed by atoms with Crippen LogP contribution in [-0.4, -0.2) is 29.8 Å². The number of rotatable bonds is 5. The summed E-state index contributed by atoms with van der Waals surface area (Å²) in [7, 11) is 0. The van der Waals surface area contributed by atoms with Crippen molar-refractivity contribution in [1.82, 2.24) is 10.2 Å². The Labute approximate surface area is 150 Å². The van der Waals surface area contributed by atoms with Crippen LogP contribution in [0.25, 0.3) is 0 Å². The van der Waals surface area contributed by atoms with Gasteiger partial charge in [0.15, 0.2) is 0 Å². The fourth-order valence-electron chi connectivity index (χ4n) is 2.75. The van der Waals surface area contributed by atoms with Crippen LogP contribution >= 0.6 is 0 Å². The van der Waals surface area contributed by atoms with E-state index in [-0.39, 0.29) is 31.1 Å². The molecule has 1 aliphatic heterocycles. The molecule has 1 saturated heterocycles. The van der Waals surface area contributed by atoms with Crippen LogP contribution in [0.15, 0.2) is 30.9 Å². The van der Waals surface area contributed by atoms with Crippen LogP contribution in [0.1, 0.15) is 23.1 Å². The van der Waals surface area contributed by atoms with E-state index in [2.05, 4.69) is 11.9 Å². The molecule has 2 amide bonds. The third-order valence-corrected chi connectivity index (χ3v) is 4.03. The summed E-state index contributed by atoms with van der Waals surface area (Å²) >= 11 is 0. The van der Waals surface area contributed by atoms with Crippen molar-refractivity contribution in [3.05, 3.63) is 47.5 Å². The van der Waals surface area contributed by atoms with Gasteiger partial charge in [-0.1, -0.05) is 6.08 Å². The molecular weight excluding hydrogens is 378 g/mol. The highest BCUT2D eigenvalue weighted by molar-refractivity contribution is 5.89. The van der Waals surface area contributed by atoms with E-state index in [1.165, 1.54) is 6.08 Å². The topological polar surface area (TPSA) is 49.4 Å². The molecule has 0 saturated carbocycles. The van der Waals surface area contributed by atoms with Gasteiger partial charge in [0, 0.05) is 26.1 Å². The summed E-state index contributed by atoms with van der Waals surface area (Å²) in [6, 6.07) is 1.18. The lowest BCUT2D eigenvalue weighted by molar-refractivity contribution is -0.143. The van der Waals surface area contributed by atoms with Crippen LogP contribution in [0.5, 0.6) is 0 Å². The SMILES string of the molecule is C=CCNC(=O)C1CC(=O)N(Cc2cc(C(F)(F)F)cc(C(F)(F)F)c2)C1. The Morgan fingerprint density at radius 3 is 2.19 bits per heavy atom. The van der Waals surface area contributed by atoms with Crippen molar-refractivity contribution in [3.8, 4) is 0 Å². The zero-order valence-electron chi connectivity index (χ0n) is 14.0. The van der Waals surface area contributed by atoms with Gasteiger partial charge in [0.2, 0.25) is 11.8 Å². The second-order valence-corrected chi connectivity index (χ2v) is 6.12. The van der Waals surface area contributed by atoms with Gasteiger partial charge in [0.25, 0.3) is 0 Å². The van der Waals surface area contributed by atoms with Crippen molar-refractivity contribution >= 4 is 11.8 Å². The average Bonchev–Trinajstić information content (AvgIpc) is 2.91. The highest BCUT2D eigenvalue weighted by Crippen LogP contribution is 2.36. The van der Waals surface area contributed by atoms with E-state index in [4.69, 9.17) is 0 Å². The molecule has 0 spiro atoms. The van der Waals surface area contributed by atoms with Crippen molar-refractivity contribution in [1.29, 1.82) is 0 Å². The van der Waals surface area contributed by atoms with Gasteiger partial charge in [-0.25, -0.2) is 0 Å². The fourth-order valence-corrected chi connectivity index (χ4v) is 2.75. The van der Waals surface area contributed by atoms with Gasteiger partial charge >= 0.3 is 12.4 Å². The van der Waals surface area contributed by atoms with Gasteiger partial charge in [-0.15, -0.1) is 6.58 Å². The molecule has 1 atom stereocenters. The highest BCUT2D eigenvalue weighted by Gasteiger charge is 2.38. The molecule has 0 aliphatic carbocycles. The van der Waals surface area contributed by atoms with Crippen LogP contribution in [-0.2, 0) is 28.5 Å². The lowest BCUT2D eigenvalue weighted by Gasteiger charge is -2.19. The third-order valence-electron chi connectivity index (χ3n) is 4.03. The first kappa shape index (κ1) is 20.8. The van der Waals surface area contributed by atoms with Crippen LogP contribution in [0, 0.1) is 5.92 Å². The van der Waals surface area contributed by atoms with Gasteiger partial charge in [0.05, 0.1) is 17.0 Å². The molecular formula is C17H16F6N2O2. The second-order valence-electron chi connectivity index (χ2n) is 6.12. The maximum atomic E-state index is 12.9. The highest BCUT2D eigenvalue weighted by atomic mass is 19.4. The molecule has 1 N–H and O–H groups in total. The average molecular weight is 394 g/mol. The van der Waals surface area contributed by atoms with Crippen molar-refractivity contribution in [3.63, 3.8) is 0 Å². The van der Waals surface area contributed by atoms with E-state index in [1.807, 2.05) is 0 Å². The molecule has 1 aromatic rings. The Balaban J connectivity index is 2.22. The van der Waals surface area contributed by atoms with Gasteiger partial charge in [-0.3, -0.25) is 9.59 Å². The molecule has 0 aromatic heterocycles. The van der Waals surface area contributed by atoms with Crippen LogP contribution < -0.4 is 5.32 Å². The zero-order chi connectivity index (χ0) is 20.4. The van der Waals surface area contributed by atoms with Gasteiger partial charge < -0.3 is 10.2 Å². The van der Waals surface area contributed by atoms with Crippen molar-refractivity contribution in [2.24, 2.45) is 5.92 Å². The number of nitrogens with zero attached hydrogens (tertiary/aromatic N) is 1. The minimum absolute atomic E-state index is 0.0286. The van der Waals surface area contributed by atoms with Gasteiger partial charge in [-0.05, 0) is 23.8 Å². The first-order chi connectivity index (χ1) is 12.4. The molecule has 4 nitrogen and oxygen atoms in total. The lowest BCUT2D eigenvalue weighted by atomic mass is 10.0. The standard InChI is InChI=1S/C17H16F6N2O2/c1-2-3-24-15(27)11-6-14(26)25(9-11)8-10-4-12(16(18,19)20)7-13(5-10)17(21,22)23/h2,4-5,7,11H,1,3,6,8-9H2,(H,24,27). The normalized spacial score (nSPS) is 17.9. The number of carbonyl (C=O) groups is 2. The molecule has 1 aliphatic rings. The Hall–Kier alpha value is -2.52. The van der Waals surface area contributed by atoms with Crippen LogP contribution in [0.3, 0.4) is 0 Å². The van der Waals surface area contributed by atoms with Crippen molar-refractivity contribution < 1.29 is 35.9 Å². The van der Waals surface area contributed by atoms with E-state index in [0.29, 0.717) is 12.1 Å². The molecule has 1 heterocycles. The smallest absolute Gasteiger partial charge is 0.352 e. The minimum atomic E-state index is -4.96. The number of carbonyl (C=O) groups excluding carboxylic acids is 2. The van der Waals surface area contributed by atoms with E-state index in [1.54, 1.807) is 0 Å². The number of hydrogen-bond donors (Lipinski definition) is 1. The molecule has 1 unspecified atom stereocenters. The van der Waals surface area contributed by atoms with E-state index >= 15 is 0 Å². The Morgan fingerprint density at radius 1 is 1.15 bits per heavy atom. The summed E-state index contributed by atoms with van der Waals surface area (Å²) in [5.41, 5.74) is -3.20. The fraction of sp³-hybridized carbons (Fsp3) is 0.412. The molecule has 148 valence electrons. The summed E-state index contributed by atoms with van der Waals surface area (Å²) in [6.07, 6.45) is -8.64. The third kappa shape index (κ3) is 5.24. The molecule has 1 fully saturated rings. The molecule has 10 heteroatoms. The summed E-state index contributed by atoms with van der Waals surface area (Å²) in [5, 5.41) is 2.50. The molecule has 27 heavy (non-hydrogen) atoms. The first-order valence-corrected chi connectivity index (χ1v) is 7.86. The summed E-state index contributed by atoms with van der Waals surface area (Å²) in [5.74, 6) is -1.66. The van der Waals surface area contributed by atoms with Crippen LogP contribution in [0.4, 0.5) is 26.3 Å². The number of amides is 2. The number of likely N-dealkylation sites (tertiary alicyclic amines) is 1. The molecule has 2 rings (SSSR count). The van der Waals surface area contributed by atoms with Gasteiger partial charge in [0.1, 0.15) is 0 Å². The molecule has 0 radical (unpaired) electrons. The monoisotopic (exact) mass is 394 g/mol. The Morgan fingerprint density at radius 2 is 1.70 bits per heavy atom. The zero-order valence-corrected chi connectivity index (χ0v) is 14.0. The van der Waals surface area contributed by atoms with Crippen molar-refractivity contribution in [2.45, 2.75) is 25.3 Å². The number of nitrogens with one attached hydrogen (secondary N) is 1. The Kier molecular flexibility index (Phi) is 5.86. The number of halogens is 6. The maximum Gasteiger partial charge on any atom is 0.416 e. The van der Waals surface area contributed by atoms with Crippen molar-refractivity contribution in [2.75, 3.05) is 13.1 Å². The van der Waals surface area contributed by atoms with Gasteiger partial charge in [-0.2, -0.15) is 26.3 Å². The maximum absolute atomic E-state index is 12.9. The number of hydrogen-bond acceptors (Lipinski definition) is 2. The lowest BCUT2D eigenvalue weighted by Crippen LogP contribution is -2.32. The summed E-state index contributed by atoms with van der Waals surface area (Å²) < 4.78 is 77.4. The predicted octanol–water partition coefficient (Wildman–Crippen LogP) is 3.37. The summed E-state index contributed by atoms with van der Waals surface area (Å²) in [4.78, 5) is 25.0. The number of alkyl halides is 6. The Bertz CT molecular complexity index is 710.